The predicted octanol–water partition coefficient (Wildman–Crippen LogP) is -0.268. The maximum atomic E-state index is 11.8. The number of hydrogen-bond acceptors (Lipinski definition) is 6. The Bertz CT molecular complexity index is 581. The first-order chi connectivity index (χ1) is 9.88. The molecule has 0 spiro atoms. The lowest BCUT2D eigenvalue weighted by Gasteiger charge is -2.23. The number of hydrazine groups is 2. The van der Waals surface area contributed by atoms with Crippen LogP contribution in [-0.4, -0.2) is 24.0 Å². The third-order valence-electron chi connectivity index (χ3n) is 2.47. The van der Waals surface area contributed by atoms with Gasteiger partial charge in [0.25, 0.3) is 0 Å². The van der Waals surface area contributed by atoms with Gasteiger partial charge in [-0.05, 0) is 12.1 Å². The van der Waals surface area contributed by atoms with E-state index in [1.165, 1.54) is 20.0 Å². The summed E-state index contributed by atoms with van der Waals surface area (Å²) in [5.74, 6) is 10.7. The molecule has 0 bridgehead atoms. The van der Waals surface area contributed by atoms with Crippen molar-refractivity contribution in [3.63, 3.8) is 0 Å². The van der Waals surface area contributed by atoms with Crippen molar-refractivity contribution < 1.29 is 14.4 Å². The van der Waals surface area contributed by atoms with E-state index in [0.717, 1.165) is 10.0 Å². The second-order valence-electron chi connectivity index (χ2n) is 4.13. The van der Waals surface area contributed by atoms with E-state index in [-0.39, 0.29) is 17.9 Å². The van der Waals surface area contributed by atoms with Gasteiger partial charge in [-0.1, -0.05) is 6.07 Å². The van der Waals surface area contributed by atoms with E-state index in [2.05, 4.69) is 5.48 Å². The van der Waals surface area contributed by atoms with E-state index in [0.29, 0.717) is 5.56 Å². The van der Waals surface area contributed by atoms with E-state index >= 15 is 0 Å². The molecule has 0 aromatic heterocycles. The molecule has 0 aliphatic carbocycles. The summed E-state index contributed by atoms with van der Waals surface area (Å²) in [7, 11) is 1.34. The van der Waals surface area contributed by atoms with Gasteiger partial charge in [-0.15, -0.1) is 0 Å². The number of nitrogens with one attached hydrogen (secondary N) is 1. The van der Waals surface area contributed by atoms with E-state index < -0.39 is 11.9 Å². The minimum absolute atomic E-state index is 0.131. The smallest absolute Gasteiger partial charge is 0.273 e. The van der Waals surface area contributed by atoms with Crippen molar-refractivity contribution >= 4 is 17.6 Å². The summed E-state index contributed by atoms with van der Waals surface area (Å²) in [6.45, 7) is 1.15. The largest absolute Gasteiger partial charge is 0.352 e. The number of anilines is 1. The number of nitrogens with two attached hydrogens (primary N) is 2. The van der Waals surface area contributed by atoms with Crippen LogP contribution < -0.4 is 22.2 Å². The monoisotopic (exact) mass is 292 g/mol. The van der Waals surface area contributed by atoms with Crippen LogP contribution in [0, 0.1) is 11.3 Å². The van der Waals surface area contributed by atoms with Crippen molar-refractivity contribution in [1.29, 1.82) is 5.26 Å². The Kier molecular flexibility index (Phi) is 5.62. The molecule has 5 N–H and O–H groups in total. The topological polar surface area (TPSA) is 138 Å². The number of carbonyl (C=O) groups excluding carboxylic acids is 2. The maximum absolute atomic E-state index is 11.8. The Labute approximate surface area is 121 Å². The van der Waals surface area contributed by atoms with Gasteiger partial charge in [-0.3, -0.25) is 14.6 Å². The van der Waals surface area contributed by atoms with Crippen molar-refractivity contribution in [3.8, 4) is 6.07 Å². The number of nitrogens with zero attached hydrogens (tertiary/aromatic N) is 3. The first-order valence-corrected chi connectivity index (χ1v) is 5.86. The number of benzene rings is 1. The molecule has 3 amide bonds. The number of urea groups is 1. The van der Waals surface area contributed by atoms with Crippen molar-refractivity contribution in [3.05, 3.63) is 29.3 Å². The zero-order valence-electron chi connectivity index (χ0n) is 11.7. The zero-order valence-corrected chi connectivity index (χ0v) is 11.7. The molecule has 112 valence electrons. The molecule has 9 nitrogen and oxygen atoms in total. The third kappa shape index (κ3) is 4.15. The quantitative estimate of drug-likeness (QED) is 0.397. The van der Waals surface area contributed by atoms with Gasteiger partial charge in [0.2, 0.25) is 5.91 Å². The highest BCUT2D eigenvalue weighted by Crippen LogP contribution is 2.23. The summed E-state index contributed by atoms with van der Waals surface area (Å²) >= 11 is 0. The van der Waals surface area contributed by atoms with Gasteiger partial charge >= 0.3 is 6.03 Å². The lowest BCUT2D eigenvalue weighted by molar-refractivity contribution is -0.132. The van der Waals surface area contributed by atoms with E-state index in [1.54, 1.807) is 12.1 Å². The highest BCUT2D eigenvalue weighted by Gasteiger charge is 2.19. The molecule has 1 aromatic rings. The highest BCUT2D eigenvalue weighted by molar-refractivity contribution is 5.91. The molecule has 9 heteroatoms. The number of hydrogen-bond donors (Lipinski definition) is 3. The first kappa shape index (κ1) is 16.4. The minimum atomic E-state index is -0.675. The summed E-state index contributed by atoms with van der Waals surface area (Å²) in [5.41, 5.74) is 3.01. The Morgan fingerprint density at radius 1 is 1.43 bits per heavy atom. The minimum Gasteiger partial charge on any atom is -0.273 e. The van der Waals surface area contributed by atoms with Gasteiger partial charge in [0.05, 0.1) is 17.3 Å². The summed E-state index contributed by atoms with van der Waals surface area (Å²) in [4.78, 5) is 27.5. The fourth-order valence-electron chi connectivity index (χ4n) is 1.54. The molecule has 0 radical (unpaired) electrons. The van der Waals surface area contributed by atoms with Gasteiger partial charge in [0, 0.05) is 19.5 Å². The SMILES string of the molecule is CC(=O)NOCc1c(C#N)cccc1N(N)C(=O)N(C)N. The van der Waals surface area contributed by atoms with Crippen molar-refractivity contribution in [2.75, 3.05) is 12.1 Å². The van der Waals surface area contributed by atoms with E-state index in [1.807, 2.05) is 6.07 Å². The summed E-state index contributed by atoms with van der Waals surface area (Å²) in [6.07, 6.45) is 0. The Balaban J connectivity index is 3.11. The molecular weight excluding hydrogens is 276 g/mol. The molecule has 1 rings (SSSR count). The predicted molar refractivity (Wildman–Crippen MR) is 73.8 cm³/mol. The number of amides is 3. The van der Waals surface area contributed by atoms with Gasteiger partial charge in [-0.25, -0.2) is 27.0 Å². The third-order valence-corrected chi connectivity index (χ3v) is 2.47. The summed E-state index contributed by atoms with van der Waals surface area (Å²) in [6, 6.07) is 5.94. The van der Waals surface area contributed by atoms with Gasteiger partial charge < -0.3 is 0 Å². The lowest BCUT2D eigenvalue weighted by Crippen LogP contribution is -2.49. The van der Waals surface area contributed by atoms with Crippen molar-refractivity contribution in [2.45, 2.75) is 13.5 Å². The van der Waals surface area contributed by atoms with Crippen molar-refractivity contribution in [2.24, 2.45) is 11.7 Å². The molecule has 0 aliphatic rings. The van der Waals surface area contributed by atoms with Crippen molar-refractivity contribution in [1.82, 2.24) is 10.5 Å². The maximum Gasteiger partial charge on any atom is 0.352 e. The number of rotatable bonds is 4. The summed E-state index contributed by atoms with van der Waals surface area (Å²) in [5, 5.41) is 10.7. The highest BCUT2D eigenvalue weighted by atomic mass is 16.6. The van der Waals surface area contributed by atoms with Crippen LogP contribution in [0.25, 0.3) is 0 Å². The first-order valence-electron chi connectivity index (χ1n) is 5.86. The molecule has 0 heterocycles. The van der Waals surface area contributed by atoms with Crippen LogP contribution in [0.4, 0.5) is 10.5 Å². The van der Waals surface area contributed by atoms with Crippen LogP contribution in [0.15, 0.2) is 18.2 Å². The number of hydroxylamine groups is 1. The molecule has 0 saturated carbocycles. The van der Waals surface area contributed by atoms with E-state index in [4.69, 9.17) is 21.8 Å². The molecule has 0 aliphatic heterocycles. The summed E-state index contributed by atoms with van der Waals surface area (Å²) < 4.78 is 0. The Hall–Kier alpha value is -2.67. The van der Waals surface area contributed by atoms with Gasteiger partial charge in [-0.2, -0.15) is 5.26 Å². The lowest BCUT2D eigenvalue weighted by atomic mass is 10.1. The van der Waals surface area contributed by atoms with Gasteiger partial charge in [0.15, 0.2) is 0 Å². The van der Waals surface area contributed by atoms with Crippen LogP contribution in [0.1, 0.15) is 18.1 Å². The second kappa shape index (κ2) is 7.20. The molecule has 21 heavy (non-hydrogen) atoms. The molecule has 0 saturated heterocycles. The van der Waals surface area contributed by atoms with Crippen LogP contribution in [0.2, 0.25) is 0 Å². The van der Waals surface area contributed by atoms with Crippen LogP contribution in [0.3, 0.4) is 0 Å². The number of carbonyl (C=O) groups is 2. The second-order valence-corrected chi connectivity index (χ2v) is 4.13. The average Bonchev–Trinajstić information content (AvgIpc) is 2.45. The molecule has 0 atom stereocenters. The fourth-order valence-corrected chi connectivity index (χ4v) is 1.54. The normalized spacial score (nSPS) is 9.67. The zero-order chi connectivity index (χ0) is 16.0. The Morgan fingerprint density at radius 2 is 2.10 bits per heavy atom. The van der Waals surface area contributed by atoms with Crippen LogP contribution in [0.5, 0.6) is 0 Å². The average molecular weight is 292 g/mol. The molecule has 0 unspecified atom stereocenters. The van der Waals surface area contributed by atoms with Gasteiger partial charge in [0.1, 0.15) is 6.61 Å². The molecule has 0 fully saturated rings. The number of nitriles is 1. The molecule has 1 aromatic carbocycles. The van der Waals surface area contributed by atoms with Crippen LogP contribution in [-0.2, 0) is 16.2 Å². The fraction of sp³-hybridized carbons (Fsp3) is 0.250. The Morgan fingerprint density at radius 3 is 2.62 bits per heavy atom. The molecular formula is C12H16N6O3. The van der Waals surface area contributed by atoms with Crippen LogP contribution >= 0.6 is 0 Å². The van der Waals surface area contributed by atoms with E-state index in [9.17, 15) is 9.59 Å². The standard InChI is InChI=1S/C12H16N6O3/c1-8(19)16-21-7-10-9(6-13)4-3-5-11(10)18(15)12(20)17(2)14/h3-5H,7,14-15H2,1-2H3,(H,16,19).